The monoisotopic (exact) mass is 412 g/mol. The Labute approximate surface area is 181 Å². The molecular formula is C27H24O2S. The summed E-state index contributed by atoms with van der Waals surface area (Å²) < 4.78 is 0. The molecule has 4 aromatic carbocycles. The fourth-order valence-corrected chi connectivity index (χ4v) is 4.61. The van der Waals surface area contributed by atoms with Gasteiger partial charge in [0.25, 0.3) is 0 Å². The van der Waals surface area contributed by atoms with Crippen LogP contribution in [0.2, 0.25) is 0 Å². The minimum atomic E-state index is 0.0695. The highest BCUT2D eigenvalue weighted by Gasteiger charge is 2.15. The summed E-state index contributed by atoms with van der Waals surface area (Å²) >= 11 is 1.28. The number of carbonyl (C=O) groups excluding carboxylic acids is 1. The lowest BCUT2D eigenvalue weighted by Crippen LogP contribution is -2.03. The lowest BCUT2D eigenvalue weighted by molar-refractivity contribution is 0.108. The molecule has 0 amide bonds. The second kappa shape index (κ2) is 8.76. The van der Waals surface area contributed by atoms with E-state index in [-0.39, 0.29) is 5.12 Å². The van der Waals surface area contributed by atoms with E-state index in [4.69, 9.17) is 0 Å². The van der Waals surface area contributed by atoms with Crippen molar-refractivity contribution in [3.63, 3.8) is 0 Å². The summed E-state index contributed by atoms with van der Waals surface area (Å²) in [7, 11) is 0. The molecule has 3 heteroatoms. The van der Waals surface area contributed by atoms with Crippen molar-refractivity contribution >= 4 is 27.6 Å². The van der Waals surface area contributed by atoms with Crippen LogP contribution >= 0.6 is 11.8 Å². The lowest BCUT2D eigenvalue weighted by Gasteiger charge is -2.12. The smallest absolute Gasteiger partial charge is 0.224 e. The predicted molar refractivity (Wildman–Crippen MR) is 126 cm³/mol. The fraction of sp³-hybridized carbons (Fsp3) is 0.148. The maximum atomic E-state index is 13.2. The molecule has 0 aliphatic heterocycles. The van der Waals surface area contributed by atoms with Gasteiger partial charge in [0.2, 0.25) is 5.12 Å². The van der Waals surface area contributed by atoms with E-state index in [0.29, 0.717) is 5.75 Å². The summed E-state index contributed by atoms with van der Waals surface area (Å²) in [6.45, 7) is 3.85. The molecule has 0 radical (unpaired) electrons. The Kier molecular flexibility index (Phi) is 5.91. The van der Waals surface area contributed by atoms with Gasteiger partial charge in [0, 0.05) is 10.5 Å². The molecule has 0 aliphatic carbocycles. The first-order valence-electron chi connectivity index (χ1n) is 10.1. The van der Waals surface area contributed by atoms with Crippen LogP contribution in [-0.2, 0) is 12.8 Å². The minimum Gasteiger partial charge on any atom is -0.507 e. The Balaban J connectivity index is 1.67. The highest BCUT2D eigenvalue weighted by Crippen LogP contribution is 2.29. The lowest BCUT2D eigenvalue weighted by atomic mass is 9.95. The Morgan fingerprint density at radius 1 is 0.800 bits per heavy atom. The number of hydrogen-bond donors (Lipinski definition) is 1. The molecule has 0 atom stereocenters. The van der Waals surface area contributed by atoms with E-state index in [2.05, 4.69) is 18.2 Å². The SMILES string of the molecule is Cc1cc(CCc2cc3ccccc3cc2C(=O)Sc2ccccc2)cc(C)c1O. The number of benzene rings is 4. The van der Waals surface area contributed by atoms with E-state index in [1.165, 1.54) is 17.3 Å². The molecule has 30 heavy (non-hydrogen) atoms. The Bertz CT molecular complexity index is 1190. The van der Waals surface area contributed by atoms with Crippen LogP contribution in [0, 0.1) is 13.8 Å². The van der Waals surface area contributed by atoms with E-state index in [1.807, 2.05) is 74.5 Å². The summed E-state index contributed by atoms with van der Waals surface area (Å²) in [4.78, 5) is 14.1. The summed E-state index contributed by atoms with van der Waals surface area (Å²) in [5.74, 6) is 0.361. The van der Waals surface area contributed by atoms with Crippen molar-refractivity contribution in [1.82, 2.24) is 0 Å². The van der Waals surface area contributed by atoms with Gasteiger partial charge in [-0.15, -0.1) is 0 Å². The number of rotatable bonds is 5. The van der Waals surface area contributed by atoms with Gasteiger partial charge in [-0.1, -0.05) is 60.7 Å². The van der Waals surface area contributed by atoms with Gasteiger partial charge in [0.15, 0.2) is 0 Å². The van der Waals surface area contributed by atoms with E-state index in [0.717, 1.165) is 50.8 Å². The van der Waals surface area contributed by atoms with Crippen LogP contribution in [0.1, 0.15) is 32.6 Å². The van der Waals surface area contributed by atoms with Gasteiger partial charge < -0.3 is 5.11 Å². The highest BCUT2D eigenvalue weighted by molar-refractivity contribution is 8.14. The minimum absolute atomic E-state index is 0.0695. The topological polar surface area (TPSA) is 37.3 Å². The molecular weight excluding hydrogens is 388 g/mol. The number of fused-ring (bicyclic) bond motifs is 1. The third-order valence-electron chi connectivity index (χ3n) is 5.38. The van der Waals surface area contributed by atoms with Crippen molar-refractivity contribution in [2.24, 2.45) is 0 Å². The first kappa shape index (κ1) is 20.2. The van der Waals surface area contributed by atoms with E-state index >= 15 is 0 Å². The Morgan fingerprint density at radius 2 is 1.40 bits per heavy atom. The second-order valence-electron chi connectivity index (χ2n) is 7.64. The molecule has 4 rings (SSSR count). The fourth-order valence-electron chi connectivity index (χ4n) is 3.80. The number of aryl methyl sites for hydroxylation is 4. The quantitative estimate of drug-likeness (QED) is 0.363. The molecule has 0 aromatic heterocycles. The third kappa shape index (κ3) is 4.42. The van der Waals surface area contributed by atoms with Crippen molar-refractivity contribution < 1.29 is 9.90 Å². The number of phenols is 1. The molecule has 4 aromatic rings. The number of hydrogen-bond acceptors (Lipinski definition) is 3. The summed E-state index contributed by atoms with van der Waals surface area (Å²) in [6.07, 6.45) is 1.58. The number of carbonyl (C=O) groups is 1. The zero-order chi connectivity index (χ0) is 21.1. The molecule has 0 fully saturated rings. The van der Waals surface area contributed by atoms with Crippen molar-refractivity contribution in [3.8, 4) is 5.75 Å². The van der Waals surface area contributed by atoms with Gasteiger partial charge in [0.05, 0.1) is 0 Å². The second-order valence-corrected chi connectivity index (χ2v) is 8.68. The summed E-state index contributed by atoms with van der Waals surface area (Å²) in [6, 6.07) is 26.2. The molecule has 1 N–H and O–H groups in total. The molecule has 0 saturated heterocycles. The van der Waals surface area contributed by atoms with Crippen LogP contribution in [0.15, 0.2) is 83.8 Å². The van der Waals surface area contributed by atoms with Crippen molar-refractivity contribution in [2.75, 3.05) is 0 Å². The Hall–Kier alpha value is -3.04. The number of thioether (sulfide) groups is 1. The average Bonchev–Trinajstić information content (AvgIpc) is 2.76. The third-order valence-corrected chi connectivity index (χ3v) is 6.29. The van der Waals surface area contributed by atoms with Gasteiger partial charge in [0.1, 0.15) is 5.75 Å². The number of aromatic hydroxyl groups is 1. The molecule has 0 heterocycles. The maximum absolute atomic E-state index is 13.2. The van der Waals surface area contributed by atoms with Crippen LogP contribution in [0.5, 0.6) is 5.75 Å². The van der Waals surface area contributed by atoms with Gasteiger partial charge >= 0.3 is 0 Å². The predicted octanol–water partition coefficient (Wildman–Crippen LogP) is 6.88. The highest BCUT2D eigenvalue weighted by atomic mass is 32.2. The standard InChI is InChI=1S/C27H24O2S/c1-18-14-20(15-19(2)26(18)28)12-13-23-16-21-8-6-7-9-22(21)17-25(23)27(29)30-24-10-4-3-5-11-24/h3-11,14-17,28H,12-13H2,1-2H3. The molecule has 0 unspecified atom stereocenters. The van der Waals surface area contributed by atoms with E-state index in [1.54, 1.807) is 0 Å². The van der Waals surface area contributed by atoms with Crippen LogP contribution in [0.25, 0.3) is 10.8 Å². The first-order chi connectivity index (χ1) is 14.5. The zero-order valence-corrected chi connectivity index (χ0v) is 18.0. The normalized spacial score (nSPS) is 11.0. The molecule has 0 spiro atoms. The summed E-state index contributed by atoms with van der Waals surface area (Å²) in [5.41, 5.74) is 4.78. The Morgan fingerprint density at radius 3 is 2.07 bits per heavy atom. The molecule has 2 nitrogen and oxygen atoms in total. The van der Waals surface area contributed by atoms with Gasteiger partial charge in [-0.05, 0) is 89.7 Å². The number of phenolic OH excluding ortho intramolecular Hbond substituents is 1. The van der Waals surface area contributed by atoms with Crippen molar-refractivity contribution in [2.45, 2.75) is 31.6 Å². The van der Waals surface area contributed by atoms with Gasteiger partial charge in [-0.25, -0.2) is 0 Å². The largest absolute Gasteiger partial charge is 0.507 e. The zero-order valence-electron chi connectivity index (χ0n) is 17.2. The average molecular weight is 413 g/mol. The van der Waals surface area contributed by atoms with Crippen molar-refractivity contribution in [1.29, 1.82) is 0 Å². The first-order valence-corrected chi connectivity index (χ1v) is 10.9. The van der Waals surface area contributed by atoms with Crippen LogP contribution in [-0.4, -0.2) is 10.2 Å². The van der Waals surface area contributed by atoms with Crippen molar-refractivity contribution in [3.05, 3.63) is 107 Å². The molecule has 150 valence electrons. The summed E-state index contributed by atoms with van der Waals surface area (Å²) in [5, 5.41) is 12.3. The molecule has 0 saturated carbocycles. The van der Waals surface area contributed by atoms with Crippen LogP contribution in [0.4, 0.5) is 0 Å². The molecule has 0 bridgehead atoms. The maximum Gasteiger partial charge on any atom is 0.224 e. The van der Waals surface area contributed by atoms with E-state index in [9.17, 15) is 9.90 Å². The van der Waals surface area contributed by atoms with Crippen LogP contribution in [0.3, 0.4) is 0 Å². The molecule has 0 aliphatic rings. The van der Waals surface area contributed by atoms with Crippen LogP contribution < -0.4 is 0 Å². The van der Waals surface area contributed by atoms with E-state index < -0.39 is 0 Å². The van der Waals surface area contributed by atoms with Gasteiger partial charge in [-0.2, -0.15) is 0 Å². The van der Waals surface area contributed by atoms with Gasteiger partial charge in [-0.3, -0.25) is 4.79 Å².